The van der Waals surface area contributed by atoms with Crippen molar-refractivity contribution in [1.82, 2.24) is 5.06 Å². The molecule has 0 amide bonds. The lowest BCUT2D eigenvalue weighted by molar-refractivity contribution is -0.103. The molecule has 0 atom stereocenters. The van der Waals surface area contributed by atoms with Crippen molar-refractivity contribution in [2.75, 3.05) is 13.1 Å². The van der Waals surface area contributed by atoms with Gasteiger partial charge in [0.25, 0.3) is 0 Å². The smallest absolute Gasteiger partial charge is 0.357 e. The molecule has 0 saturated carbocycles. The van der Waals surface area contributed by atoms with Gasteiger partial charge < -0.3 is 9.94 Å². The van der Waals surface area contributed by atoms with E-state index in [1.54, 1.807) is 23.3 Å². The zero-order valence-electron chi connectivity index (χ0n) is 17.4. The Bertz CT molecular complexity index is 785. The summed E-state index contributed by atoms with van der Waals surface area (Å²) in [6, 6.07) is 14.3. The summed E-state index contributed by atoms with van der Waals surface area (Å²) in [5, 5.41) is 11.8. The SMILES string of the molecule is CCN(CC)OC(=O)c1cccc(O)c1CCCCCCC(=O)c1ccccc1. The highest BCUT2D eigenvalue weighted by Gasteiger charge is 2.18. The Morgan fingerprint density at radius 3 is 2.28 bits per heavy atom. The van der Waals surface area contributed by atoms with Gasteiger partial charge in [-0.25, -0.2) is 4.79 Å². The first-order valence-electron chi connectivity index (χ1n) is 10.4. The standard InChI is InChI=1S/C24H31NO4/c1-3-25(4-2)29-24(28)21-16-12-18-23(27)20(21)15-10-5-6-11-17-22(26)19-13-8-7-9-14-19/h7-9,12-14,16,18,27H,3-6,10-11,15,17H2,1-2H3. The van der Waals surface area contributed by atoms with E-state index in [4.69, 9.17) is 4.84 Å². The summed E-state index contributed by atoms with van der Waals surface area (Å²) >= 11 is 0. The van der Waals surface area contributed by atoms with Crippen molar-refractivity contribution in [2.45, 2.75) is 52.4 Å². The van der Waals surface area contributed by atoms with Gasteiger partial charge in [0.05, 0.1) is 5.56 Å². The number of phenolic OH excluding ortho intramolecular Hbond substituents is 1. The molecule has 0 aromatic heterocycles. The number of carbonyl (C=O) groups excluding carboxylic acids is 2. The summed E-state index contributed by atoms with van der Waals surface area (Å²) in [6.07, 6.45) is 4.68. The minimum absolute atomic E-state index is 0.123. The Hall–Kier alpha value is -2.66. The van der Waals surface area contributed by atoms with Gasteiger partial charge in [-0.3, -0.25) is 4.79 Å². The van der Waals surface area contributed by atoms with E-state index in [0.29, 0.717) is 37.1 Å². The van der Waals surface area contributed by atoms with Crippen LogP contribution in [0.5, 0.6) is 5.75 Å². The Balaban J connectivity index is 1.81. The van der Waals surface area contributed by atoms with Crippen LogP contribution < -0.4 is 0 Å². The third kappa shape index (κ3) is 7.02. The van der Waals surface area contributed by atoms with Crippen molar-refractivity contribution in [3.05, 3.63) is 65.2 Å². The molecule has 5 nitrogen and oxygen atoms in total. The third-order valence-corrected chi connectivity index (χ3v) is 4.97. The van der Waals surface area contributed by atoms with Crippen LogP contribution in [0.25, 0.3) is 0 Å². The Morgan fingerprint density at radius 1 is 0.897 bits per heavy atom. The average Bonchev–Trinajstić information content (AvgIpc) is 2.75. The van der Waals surface area contributed by atoms with Crippen LogP contribution in [-0.2, 0) is 11.3 Å². The van der Waals surface area contributed by atoms with E-state index in [-0.39, 0.29) is 11.5 Å². The molecule has 0 unspecified atom stereocenters. The van der Waals surface area contributed by atoms with Gasteiger partial charge >= 0.3 is 5.97 Å². The number of phenols is 1. The molecule has 0 spiro atoms. The van der Waals surface area contributed by atoms with Gasteiger partial charge in [0, 0.05) is 30.6 Å². The molecule has 0 bridgehead atoms. The Labute approximate surface area is 173 Å². The maximum atomic E-state index is 12.5. The Kier molecular flexibility index (Phi) is 9.38. The second-order valence-corrected chi connectivity index (χ2v) is 7.00. The van der Waals surface area contributed by atoms with Gasteiger partial charge in [0.15, 0.2) is 5.78 Å². The summed E-state index contributed by atoms with van der Waals surface area (Å²) in [7, 11) is 0. The van der Waals surface area contributed by atoms with E-state index >= 15 is 0 Å². The van der Waals surface area contributed by atoms with Crippen molar-refractivity contribution in [3.8, 4) is 5.75 Å². The number of nitrogens with zero attached hydrogens (tertiary/aromatic N) is 1. The van der Waals surface area contributed by atoms with Crippen LogP contribution in [0.15, 0.2) is 48.5 Å². The molecule has 2 aromatic carbocycles. The van der Waals surface area contributed by atoms with Gasteiger partial charge in [-0.2, -0.15) is 0 Å². The second kappa shape index (κ2) is 12.0. The third-order valence-electron chi connectivity index (χ3n) is 4.97. The quantitative estimate of drug-likeness (QED) is 0.304. The minimum atomic E-state index is -0.437. The maximum absolute atomic E-state index is 12.5. The summed E-state index contributed by atoms with van der Waals surface area (Å²) in [5.41, 5.74) is 1.80. The molecule has 0 aliphatic rings. The van der Waals surface area contributed by atoms with Crippen molar-refractivity contribution >= 4 is 11.8 Å². The topological polar surface area (TPSA) is 66.8 Å². The molecule has 2 rings (SSSR count). The predicted octanol–water partition coefficient (Wildman–Crippen LogP) is 5.18. The van der Waals surface area contributed by atoms with Crippen LogP contribution >= 0.6 is 0 Å². The molecular formula is C24H31NO4. The number of hydrogen-bond acceptors (Lipinski definition) is 5. The number of hydrogen-bond donors (Lipinski definition) is 1. The van der Waals surface area contributed by atoms with E-state index < -0.39 is 5.97 Å². The van der Waals surface area contributed by atoms with Gasteiger partial charge in [-0.15, -0.1) is 5.06 Å². The van der Waals surface area contributed by atoms with Gasteiger partial charge in [0.2, 0.25) is 0 Å². The number of carbonyl (C=O) groups is 2. The van der Waals surface area contributed by atoms with E-state index in [9.17, 15) is 14.7 Å². The van der Waals surface area contributed by atoms with Crippen molar-refractivity contribution in [1.29, 1.82) is 0 Å². The molecule has 156 valence electrons. The van der Waals surface area contributed by atoms with Crippen LogP contribution in [0.4, 0.5) is 0 Å². The van der Waals surface area contributed by atoms with Crippen molar-refractivity contribution in [2.24, 2.45) is 0 Å². The Morgan fingerprint density at radius 2 is 1.59 bits per heavy atom. The van der Waals surface area contributed by atoms with Crippen LogP contribution in [-0.4, -0.2) is 35.0 Å². The average molecular weight is 398 g/mol. The van der Waals surface area contributed by atoms with Crippen LogP contribution in [0.1, 0.15) is 72.2 Å². The highest BCUT2D eigenvalue weighted by Crippen LogP contribution is 2.25. The van der Waals surface area contributed by atoms with E-state index in [2.05, 4.69) is 0 Å². The largest absolute Gasteiger partial charge is 0.508 e. The number of unbranched alkanes of at least 4 members (excludes halogenated alkanes) is 3. The number of ketones is 1. The monoisotopic (exact) mass is 397 g/mol. The second-order valence-electron chi connectivity index (χ2n) is 7.00. The lowest BCUT2D eigenvalue weighted by Crippen LogP contribution is -2.27. The van der Waals surface area contributed by atoms with Crippen molar-refractivity contribution in [3.63, 3.8) is 0 Å². The number of hydroxylamine groups is 2. The summed E-state index contributed by atoms with van der Waals surface area (Å²) in [5.74, 6) is -0.140. The molecule has 1 N–H and O–H groups in total. The fourth-order valence-corrected chi connectivity index (χ4v) is 3.26. The molecule has 0 fully saturated rings. The van der Waals surface area contributed by atoms with E-state index in [1.807, 2.05) is 44.2 Å². The first-order chi connectivity index (χ1) is 14.1. The fourth-order valence-electron chi connectivity index (χ4n) is 3.26. The molecule has 5 heteroatoms. The van der Waals surface area contributed by atoms with Gasteiger partial charge in [-0.1, -0.05) is 49.2 Å². The number of Topliss-reactive ketones (excluding diaryl/α,β-unsaturated/α-hetero) is 1. The number of benzene rings is 2. The first kappa shape index (κ1) is 22.6. The van der Waals surface area contributed by atoms with Crippen LogP contribution in [0.2, 0.25) is 0 Å². The molecule has 0 heterocycles. The molecule has 0 aliphatic heterocycles. The first-order valence-corrected chi connectivity index (χ1v) is 10.4. The van der Waals surface area contributed by atoms with E-state index in [0.717, 1.165) is 31.2 Å². The lowest BCUT2D eigenvalue weighted by atomic mass is 9.99. The van der Waals surface area contributed by atoms with Crippen molar-refractivity contribution < 1.29 is 19.5 Å². The molecule has 29 heavy (non-hydrogen) atoms. The molecular weight excluding hydrogens is 366 g/mol. The lowest BCUT2D eigenvalue weighted by Gasteiger charge is -2.18. The predicted molar refractivity (Wildman–Crippen MR) is 114 cm³/mol. The van der Waals surface area contributed by atoms with Crippen LogP contribution in [0.3, 0.4) is 0 Å². The summed E-state index contributed by atoms with van der Waals surface area (Å²) in [6.45, 7) is 5.06. The zero-order valence-corrected chi connectivity index (χ0v) is 17.4. The summed E-state index contributed by atoms with van der Waals surface area (Å²) < 4.78 is 0. The molecule has 0 aliphatic carbocycles. The molecule has 0 radical (unpaired) electrons. The number of aromatic hydroxyl groups is 1. The van der Waals surface area contributed by atoms with Crippen LogP contribution in [0, 0.1) is 0 Å². The fraction of sp³-hybridized carbons (Fsp3) is 0.417. The molecule has 2 aromatic rings. The van der Waals surface area contributed by atoms with Gasteiger partial charge in [0.1, 0.15) is 5.75 Å². The summed E-state index contributed by atoms with van der Waals surface area (Å²) in [4.78, 5) is 30.0. The maximum Gasteiger partial charge on any atom is 0.357 e. The number of rotatable bonds is 12. The minimum Gasteiger partial charge on any atom is -0.508 e. The normalized spacial score (nSPS) is 10.9. The van der Waals surface area contributed by atoms with E-state index in [1.165, 1.54) is 0 Å². The molecule has 0 saturated heterocycles. The van der Waals surface area contributed by atoms with Gasteiger partial charge in [-0.05, 0) is 45.2 Å². The zero-order chi connectivity index (χ0) is 21.1. The highest BCUT2D eigenvalue weighted by atomic mass is 16.7. The highest BCUT2D eigenvalue weighted by molar-refractivity contribution is 5.95.